The first kappa shape index (κ1) is 19.6. The number of benzene rings is 1. The van der Waals surface area contributed by atoms with Crippen LogP contribution in [0, 0.1) is 0 Å². The minimum Gasteiger partial charge on any atom is -0.461 e. The third kappa shape index (κ3) is 4.37. The van der Waals surface area contributed by atoms with E-state index in [2.05, 4.69) is 20.4 Å². The fourth-order valence-corrected chi connectivity index (χ4v) is 2.74. The highest BCUT2D eigenvalue weighted by atomic mass is 16.5. The molecular weight excluding hydrogens is 358 g/mol. The van der Waals surface area contributed by atoms with E-state index in [4.69, 9.17) is 16.3 Å². The molecule has 5 N–H and O–H groups in total. The number of hydrogen-bond donors (Lipinski definition) is 3. The van der Waals surface area contributed by atoms with Crippen LogP contribution in [0.15, 0.2) is 29.4 Å². The van der Waals surface area contributed by atoms with E-state index >= 15 is 0 Å². The number of nitrogens with zero attached hydrogens (tertiary/aromatic N) is 4. The molecule has 9 heteroatoms. The Bertz CT molecular complexity index is 932. The number of carbonyl (C=O) groups is 1. The zero-order valence-electron chi connectivity index (χ0n) is 16.5. The van der Waals surface area contributed by atoms with Crippen molar-refractivity contribution in [1.82, 2.24) is 9.97 Å². The van der Waals surface area contributed by atoms with Crippen molar-refractivity contribution in [2.75, 3.05) is 30.9 Å². The molecule has 28 heavy (non-hydrogen) atoms. The zero-order chi connectivity index (χ0) is 20.5. The summed E-state index contributed by atoms with van der Waals surface area (Å²) in [5, 5.41) is 6.76. The molecule has 1 aromatic heterocycles. The smallest absolute Gasteiger partial charge is 0.319 e. The molecule has 0 atom stereocenters. The Hall–Kier alpha value is -3.20. The molecule has 9 nitrogen and oxygen atoms in total. The van der Waals surface area contributed by atoms with Crippen molar-refractivity contribution in [3.8, 4) is 6.01 Å². The maximum absolute atomic E-state index is 11.6. The van der Waals surface area contributed by atoms with Crippen LogP contribution in [0.4, 0.5) is 11.5 Å². The van der Waals surface area contributed by atoms with Crippen LogP contribution in [0.3, 0.4) is 0 Å². The van der Waals surface area contributed by atoms with E-state index < -0.39 is 5.54 Å². The van der Waals surface area contributed by atoms with Gasteiger partial charge in [0.1, 0.15) is 23.8 Å². The highest BCUT2D eigenvalue weighted by molar-refractivity contribution is 6.13. The van der Waals surface area contributed by atoms with E-state index in [-0.39, 0.29) is 18.5 Å². The molecule has 1 aliphatic rings. The summed E-state index contributed by atoms with van der Waals surface area (Å²) in [6.45, 7) is 3.97. The quantitative estimate of drug-likeness (QED) is 0.383. The van der Waals surface area contributed by atoms with Crippen LogP contribution in [0.5, 0.6) is 6.01 Å². The molecule has 0 fully saturated rings. The number of rotatable bonds is 6. The highest BCUT2D eigenvalue weighted by Crippen LogP contribution is 2.26. The molecule has 0 spiro atoms. The van der Waals surface area contributed by atoms with E-state index in [0.717, 1.165) is 16.8 Å². The minimum atomic E-state index is -0.526. The summed E-state index contributed by atoms with van der Waals surface area (Å²) in [4.78, 5) is 22.3. The van der Waals surface area contributed by atoms with Crippen LogP contribution in [0.25, 0.3) is 0 Å². The number of nitrogens with two attached hydrogens (primary N) is 2. The van der Waals surface area contributed by atoms with E-state index in [1.54, 1.807) is 6.07 Å². The van der Waals surface area contributed by atoms with Crippen molar-refractivity contribution in [2.45, 2.75) is 25.8 Å². The maximum Gasteiger partial charge on any atom is 0.319 e. The van der Waals surface area contributed by atoms with Gasteiger partial charge in [0.2, 0.25) is 5.91 Å². The summed E-state index contributed by atoms with van der Waals surface area (Å²) < 4.78 is 5.70. The van der Waals surface area contributed by atoms with Crippen LogP contribution in [-0.2, 0) is 11.2 Å². The predicted octanol–water partition coefficient (Wildman–Crippen LogP) is 0.864. The second kappa shape index (κ2) is 7.43. The average Bonchev–Trinajstić information content (AvgIpc) is 2.99. The van der Waals surface area contributed by atoms with Gasteiger partial charge in [-0.3, -0.25) is 4.79 Å². The fraction of sp³-hybridized carbons (Fsp3) is 0.368. The molecule has 2 aromatic rings. The maximum atomic E-state index is 11.6. The first-order valence-corrected chi connectivity index (χ1v) is 8.86. The van der Waals surface area contributed by atoms with E-state index in [1.807, 2.05) is 51.0 Å². The van der Waals surface area contributed by atoms with Gasteiger partial charge in [0.15, 0.2) is 0 Å². The molecule has 0 radical (unpaired) electrons. The molecule has 0 unspecified atom stereocenters. The Labute approximate surface area is 163 Å². The van der Waals surface area contributed by atoms with Gasteiger partial charge in [0, 0.05) is 37.0 Å². The number of nitrogens with one attached hydrogen (secondary N) is 1. The van der Waals surface area contributed by atoms with Gasteiger partial charge < -0.3 is 26.5 Å². The van der Waals surface area contributed by atoms with Crippen molar-refractivity contribution in [2.24, 2.45) is 16.7 Å². The molecule has 1 aromatic carbocycles. The van der Waals surface area contributed by atoms with Crippen molar-refractivity contribution >= 4 is 23.1 Å². The van der Waals surface area contributed by atoms with Gasteiger partial charge in [-0.25, -0.2) is 0 Å². The number of hydrazone groups is 1. The normalized spacial score (nSPS) is 13.9. The fourth-order valence-electron chi connectivity index (χ4n) is 2.74. The summed E-state index contributed by atoms with van der Waals surface area (Å²) in [6.07, 6.45) is 0.327. The molecule has 0 aliphatic carbocycles. The third-order valence-corrected chi connectivity index (χ3v) is 4.10. The van der Waals surface area contributed by atoms with E-state index in [9.17, 15) is 4.79 Å². The molecule has 1 amide bonds. The Morgan fingerprint density at radius 1 is 1.32 bits per heavy atom. The zero-order valence-corrected chi connectivity index (χ0v) is 16.5. The van der Waals surface area contributed by atoms with Crippen LogP contribution in [0.1, 0.15) is 30.7 Å². The monoisotopic (exact) mass is 383 g/mol. The van der Waals surface area contributed by atoms with Gasteiger partial charge in [0.05, 0.1) is 6.42 Å². The lowest BCUT2D eigenvalue weighted by molar-refractivity contribution is -0.115. The minimum absolute atomic E-state index is 0.0320. The van der Waals surface area contributed by atoms with Gasteiger partial charge in [0.25, 0.3) is 0 Å². The number of anilines is 2. The van der Waals surface area contributed by atoms with Crippen LogP contribution >= 0.6 is 0 Å². The number of amides is 1. The molecule has 1 aliphatic heterocycles. The van der Waals surface area contributed by atoms with Gasteiger partial charge in [-0.1, -0.05) is 6.07 Å². The van der Waals surface area contributed by atoms with Gasteiger partial charge in [-0.2, -0.15) is 15.1 Å². The second-order valence-electron chi connectivity index (χ2n) is 7.64. The second-order valence-corrected chi connectivity index (χ2v) is 7.64. The molecule has 3 rings (SSSR count). The predicted molar refractivity (Wildman–Crippen MR) is 109 cm³/mol. The lowest BCUT2D eigenvalue weighted by Gasteiger charge is -2.19. The van der Waals surface area contributed by atoms with Gasteiger partial charge in [-0.15, -0.1) is 0 Å². The van der Waals surface area contributed by atoms with Crippen LogP contribution < -0.4 is 26.5 Å². The Kier molecular flexibility index (Phi) is 5.19. The summed E-state index contributed by atoms with van der Waals surface area (Å²) >= 11 is 0. The Morgan fingerprint density at radius 2 is 2.07 bits per heavy atom. The van der Waals surface area contributed by atoms with Crippen molar-refractivity contribution in [3.63, 3.8) is 0 Å². The van der Waals surface area contributed by atoms with Crippen LogP contribution in [0.2, 0.25) is 0 Å². The van der Waals surface area contributed by atoms with Crippen molar-refractivity contribution < 1.29 is 9.53 Å². The highest BCUT2D eigenvalue weighted by Gasteiger charge is 2.21. The first-order valence-electron chi connectivity index (χ1n) is 8.86. The van der Waals surface area contributed by atoms with E-state index in [0.29, 0.717) is 23.6 Å². The average molecular weight is 383 g/mol. The van der Waals surface area contributed by atoms with E-state index in [1.165, 1.54) is 0 Å². The van der Waals surface area contributed by atoms with Gasteiger partial charge >= 0.3 is 6.01 Å². The topological polar surface area (TPSA) is 132 Å². The summed E-state index contributed by atoms with van der Waals surface area (Å²) in [6, 6.07) is 7.54. The molecular formula is C19H25N7O2. The number of aromatic nitrogens is 2. The van der Waals surface area contributed by atoms with Crippen molar-refractivity contribution in [1.29, 1.82) is 0 Å². The SMILES string of the molecule is CN(C)c1cc(/C(=N/N)c2ccc3c(c2)CC(=O)N3)nc(OCC(C)(C)N)n1. The number of ether oxygens (including phenoxy) is 1. The standard InChI is InChI=1S/C19H25N7O2/c1-19(2,20)10-28-18-23-14(9-15(24-18)26(3)4)17(25-21)11-5-6-13-12(7-11)8-16(27)22-13/h5-7,9H,8,10,20-21H2,1-4H3,(H,22,27)/b25-17+. The Balaban J connectivity index is 1.99. The molecule has 2 heterocycles. The first-order chi connectivity index (χ1) is 13.2. The largest absolute Gasteiger partial charge is 0.461 e. The molecule has 0 saturated carbocycles. The molecule has 0 bridgehead atoms. The van der Waals surface area contributed by atoms with Crippen molar-refractivity contribution in [3.05, 3.63) is 41.1 Å². The summed E-state index contributed by atoms with van der Waals surface area (Å²) in [5.41, 5.74) is 8.91. The lowest BCUT2D eigenvalue weighted by atomic mass is 10.0. The summed E-state index contributed by atoms with van der Waals surface area (Å²) in [5.74, 6) is 6.31. The Morgan fingerprint density at radius 3 is 2.71 bits per heavy atom. The third-order valence-electron chi connectivity index (χ3n) is 4.10. The number of hydrogen-bond acceptors (Lipinski definition) is 8. The summed E-state index contributed by atoms with van der Waals surface area (Å²) in [7, 11) is 3.74. The number of carbonyl (C=O) groups excluding carboxylic acids is 1. The van der Waals surface area contributed by atoms with Crippen LogP contribution in [-0.4, -0.2) is 47.8 Å². The van der Waals surface area contributed by atoms with Gasteiger partial charge in [-0.05, 0) is 31.5 Å². The molecule has 0 saturated heterocycles. The molecule has 148 valence electrons. The lowest BCUT2D eigenvalue weighted by Crippen LogP contribution is -2.39. The number of fused-ring (bicyclic) bond motifs is 1.